The van der Waals surface area contributed by atoms with Crippen molar-refractivity contribution in [1.29, 1.82) is 0 Å². The average Bonchev–Trinajstić information content (AvgIpc) is 3.58. The number of para-hydroxylation sites is 1. The summed E-state index contributed by atoms with van der Waals surface area (Å²) in [5, 5.41) is 14.2. The maximum absolute atomic E-state index is 13.8. The van der Waals surface area contributed by atoms with Crippen molar-refractivity contribution in [2.45, 2.75) is 46.6 Å². The normalized spacial score (nSPS) is 11.1. The molecule has 192 valence electrons. The first kappa shape index (κ1) is 25.0. The molecule has 0 aliphatic carbocycles. The van der Waals surface area contributed by atoms with E-state index in [4.69, 9.17) is 0 Å². The summed E-state index contributed by atoms with van der Waals surface area (Å²) in [7, 11) is 0. The fourth-order valence-corrected chi connectivity index (χ4v) is 4.83. The summed E-state index contributed by atoms with van der Waals surface area (Å²) < 4.78 is 3.47. The largest absolute Gasteiger partial charge is 0.333 e. The van der Waals surface area contributed by atoms with Gasteiger partial charge in [0.05, 0.1) is 12.2 Å². The Kier molecular flexibility index (Phi) is 7.08. The van der Waals surface area contributed by atoms with Gasteiger partial charge in [-0.3, -0.25) is 18.9 Å². The van der Waals surface area contributed by atoms with Crippen LogP contribution in [0.25, 0.3) is 28.2 Å². The number of nitrogens with zero attached hydrogens (tertiary/aromatic N) is 6. The summed E-state index contributed by atoms with van der Waals surface area (Å²) in [6, 6.07) is 15.6. The van der Waals surface area contributed by atoms with Gasteiger partial charge in [0.15, 0.2) is 11.6 Å². The Labute approximate surface area is 220 Å². The predicted octanol–water partition coefficient (Wildman–Crippen LogP) is 4.65. The molecule has 0 aliphatic heterocycles. The predicted molar refractivity (Wildman–Crippen MR) is 145 cm³/mol. The summed E-state index contributed by atoms with van der Waals surface area (Å²) >= 11 is 0. The van der Waals surface area contributed by atoms with Crippen LogP contribution in [0.1, 0.15) is 54.4 Å². The van der Waals surface area contributed by atoms with Crippen LogP contribution in [0, 0.1) is 0 Å². The lowest BCUT2D eigenvalue weighted by Gasteiger charge is -2.12. The molecule has 9 heteroatoms. The molecule has 0 spiro atoms. The van der Waals surface area contributed by atoms with Gasteiger partial charge >= 0.3 is 5.69 Å². The topological polar surface area (TPSA) is 111 Å². The van der Waals surface area contributed by atoms with E-state index < -0.39 is 0 Å². The molecule has 3 aromatic heterocycles. The number of benzene rings is 2. The van der Waals surface area contributed by atoms with Crippen molar-refractivity contribution in [1.82, 2.24) is 34.7 Å². The third kappa shape index (κ3) is 4.70. The van der Waals surface area contributed by atoms with Crippen LogP contribution in [-0.4, -0.2) is 40.5 Å². The van der Waals surface area contributed by atoms with Crippen LogP contribution in [0.15, 0.2) is 71.9 Å². The van der Waals surface area contributed by atoms with E-state index in [-0.39, 0.29) is 11.5 Å². The highest BCUT2D eigenvalue weighted by Crippen LogP contribution is 2.29. The Morgan fingerprint density at radius 3 is 2.53 bits per heavy atom. The number of hydrogen-bond donors (Lipinski definition) is 1. The summed E-state index contributed by atoms with van der Waals surface area (Å²) in [5.41, 5.74) is 6.73. The quantitative estimate of drug-likeness (QED) is 0.291. The van der Waals surface area contributed by atoms with Gasteiger partial charge in [0, 0.05) is 41.0 Å². The van der Waals surface area contributed by atoms with Gasteiger partial charge < -0.3 is 0 Å². The summed E-state index contributed by atoms with van der Waals surface area (Å²) in [4.78, 5) is 30.5. The Morgan fingerprint density at radius 1 is 1.03 bits per heavy atom. The zero-order valence-electron chi connectivity index (χ0n) is 21.7. The molecule has 9 nitrogen and oxygen atoms in total. The molecule has 5 aromatic rings. The van der Waals surface area contributed by atoms with Gasteiger partial charge in [0.25, 0.3) is 0 Å². The molecule has 0 radical (unpaired) electrons. The van der Waals surface area contributed by atoms with Crippen molar-refractivity contribution in [2.75, 3.05) is 0 Å². The van der Waals surface area contributed by atoms with Crippen LogP contribution >= 0.6 is 0 Å². The number of carbonyl (C=O) groups is 1. The number of aryl methyl sites for hydroxylation is 2. The molecule has 0 bridgehead atoms. The van der Waals surface area contributed by atoms with E-state index in [1.54, 1.807) is 30.0 Å². The molecular weight excluding hydrogens is 478 g/mol. The Balaban J connectivity index is 1.52. The number of H-pyrrole nitrogens is 1. The first-order valence-electron chi connectivity index (χ1n) is 12.7. The molecule has 1 N–H and O–H groups in total. The number of imidazole rings is 1. The number of ketones is 1. The first-order valence-corrected chi connectivity index (χ1v) is 12.7. The van der Waals surface area contributed by atoms with Gasteiger partial charge in [-0.15, -0.1) is 5.10 Å². The maximum Gasteiger partial charge on any atom is 0.333 e. The van der Waals surface area contributed by atoms with E-state index in [0.29, 0.717) is 23.6 Å². The molecule has 0 amide bonds. The zero-order chi connectivity index (χ0) is 26.6. The second-order valence-corrected chi connectivity index (χ2v) is 9.20. The molecule has 0 saturated carbocycles. The van der Waals surface area contributed by atoms with Crippen LogP contribution in [-0.2, 0) is 19.4 Å². The smallest absolute Gasteiger partial charge is 0.294 e. The first-order chi connectivity index (χ1) is 18.5. The molecule has 0 fully saturated rings. The second-order valence-electron chi connectivity index (χ2n) is 9.20. The van der Waals surface area contributed by atoms with Crippen molar-refractivity contribution in [3.8, 4) is 28.2 Å². The minimum atomic E-state index is -0.145. The summed E-state index contributed by atoms with van der Waals surface area (Å²) in [6.07, 6.45) is 7.77. The minimum Gasteiger partial charge on any atom is -0.294 e. The lowest BCUT2D eigenvalue weighted by Crippen LogP contribution is -2.26. The molecule has 38 heavy (non-hydrogen) atoms. The minimum absolute atomic E-state index is 0.0570. The van der Waals surface area contributed by atoms with E-state index in [0.717, 1.165) is 52.8 Å². The number of hydrogen-bond acceptors (Lipinski definition) is 6. The SMILES string of the molecule is CCCc1cn(-c2c(CC)cccc2C(C)=O)c(=O)n1Cc1ccc(-c2cnccc2-c2nnn[nH]2)cc1. The van der Waals surface area contributed by atoms with Gasteiger partial charge in [0.2, 0.25) is 0 Å². The Bertz CT molecular complexity index is 1630. The summed E-state index contributed by atoms with van der Waals surface area (Å²) in [6.45, 7) is 6.10. The number of aromatic amines is 1. The third-order valence-corrected chi connectivity index (χ3v) is 6.72. The number of tetrazole rings is 1. The molecule has 0 unspecified atom stereocenters. The van der Waals surface area contributed by atoms with E-state index >= 15 is 0 Å². The molecule has 0 saturated heterocycles. The summed E-state index contributed by atoms with van der Waals surface area (Å²) in [5.74, 6) is 0.513. The monoisotopic (exact) mass is 507 g/mol. The standard InChI is InChI=1S/C29H29N7O2/c1-4-7-23-18-36(27-21(5-2)8-6-9-24(27)19(3)37)29(38)35(23)17-20-10-12-22(13-11-20)26-16-30-15-14-25(26)28-31-33-34-32-28/h6,8-16,18H,4-5,7,17H2,1-3H3,(H,31,32,33,34). The number of aromatic nitrogens is 7. The van der Waals surface area contributed by atoms with Crippen LogP contribution in [0.3, 0.4) is 0 Å². The van der Waals surface area contributed by atoms with Gasteiger partial charge in [-0.2, -0.15) is 0 Å². The van der Waals surface area contributed by atoms with Crippen LogP contribution in [0.2, 0.25) is 0 Å². The molecule has 0 aliphatic rings. The van der Waals surface area contributed by atoms with E-state index in [1.807, 2.05) is 60.2 Å². The number of Topliss-reactive ketones (excluding diaryl/α,β-unsaturated/α-hetero) is 1. The number of nitrogens with one attached hydrogen (secondary N) is 1. The van der Waals surface area contributed by atoms with Crippen LogP contribution < -0.4 is 5.69 Å². The van der Waals surface area contributed by atoms with Crippen molar-refractivity contribution < 1.29 is 4.79 Å². The van der Waals surface area contributed by atoms with Gasteiger partial charge in [0.1, 0.15) is 0 Å². The van der Waals surface area contributed by atoms with Crippen molar-refractivity contribution >= 4 is 5.78 Å². The molecular formula is C29H29N7O2. The molecule has 2 aromatic carbocycles. The molecule has 3 heterocycles. The van der Waals surface area contributed by atoms with E-state index in [9.17, 15) is 9.59 Å². The van der Waals surface area contributed by atoms with Crippen molar-refractivity contribution in [2.24, 2.45) is 0 Å². The van der Waals surface area contributed by atoms with Gasteiger partial charge in [-0.05, 0) is 59.0 Å². The van der Waals surface area contributed by atoms with Crippen molar-refractivity contribution in [3.05, 3.63) is 100.0 Å². The molecule has 5 rings (SSSR count). The van der Waals surface area contributed by atoms with Crippen LogP contribution in [0.5, 0.6) is 0 Å². The third-order valence-electron chi connectivity index (χ3n) is 6.72. The van der Waals surface area contributed by atoms with E-state index in [1.165, 1.54) is 0 Å². The lowest BCUT2D eigenvalue weighted by atomic mass is 10.0. The highest BCUT2D eigenvalue weighted by Gasteiger charge is 2.19. The lowest BCUT2D eigenvalue weighted by molar-refractivity contribution is 0.101. The fraction of sp³-hybridized carbons (Fsp3) is 0.241. The van der Waals surface area contributed by atoms with Crippen molar-refractivity contribution in [3.63, 3.8) is 0 Å². The highest BCUT2D eigenvalue weighted by molar-refractivity contribution is 5.98. The molecule has 0 atom stereocenters. The zero-order valence-corrected chi connectivity index (χ0v) is 21.7. The Morgan fingerprint density at radius 2 is 1.84 bits per heavy atom. The Hall–Kier alpha value is -4.66. The highest BCUT2D eigenvalue weighted by atomic mass is 16.2. The van der Waals surface area contributed by atoms with Crippen LogP contribution in [0.4, 0.5) is 0 Å². The number of rotatable bonds is 9. The average molecular weight is 508 g/mol. The maximum atomic E-state index is 13.8. The fourth-order valence-electron chi connectivity index (χ4n) is 4.83. The number of carbonyl (C=O) groups excluding carboxylic acids is 1. The van der Waals surface area contributed by atoms with E-state index in [2.05, 4.69) is 32.5 Å². The van der Waals surface area contributed by atoms with Gasteiger partial charge in [-0.1, -0.05) is 56.7 Å². The van der Waals surface area contributed by atoms with Gasteiger partial charge in [-0.25, -0.2) is 9.89 Å². The second kappa shape index (κ2) is 10.8. The number of pyridine rings is 1.